The number of hydrogen-bond donors (Lipinski definition) is 1. The number of benzene rings is 3. The number of allylic oxidation sites excluding steroid dienone is 1. The molecule has 4 rings (SSSR count). The molecule has 0 spiro atoms. The number of methoxy groups -OCH3 is 1. The molecule has 0 atom stereocenters. The first-order valence-electron chi connectivity index (χ1n) is 10.7. The van der Waals surface area contributed by atoms with Gasteiger partial charge in [0.1, 0.15) is 5.69 Å². The van der Waals surface area contributed by atoms with E-state index in [2.05, 4.69) is 5.10 Å². The van der Waals surface area contributed by atoms with E-state index in [0.29, 0.717) is 18.0 Å². The summed E-state index contributed by atoms with van der Waals surface area (Å²) in [6, 6.07) is 24.5. The van der Waals surface area contributed by atoms with Crippen LogP contribution in [0, 0.1) is 0 Å². The second-order valence-corrected chi connectivity index (χ2v) is 7.98. The molecule has 7 heteroatoms. The highest BCUT2D eigenvalue weighted by atomic mass is 35.5. The van der Waals surface area contributed by atoms with Gasteiger partial charge >= 0.3 is 0 Å². The Hall–Kier alpha value is -4.03. The van der Waals surface area contributed by atoms with Crippen molar-refractivity contribution in [1.29, 1.82) is 0 Å². The summed E-state index contributed by atoms with van der Waals surface area (Å²) in [6.45, 7) is 0.649. The fourth-order valence-corrected chi connectivity index (χ4v) is 3.82. The third-order valence-corrected chi connectivity index (χ3v) is 5.57. The van der Waals surface area contributed by atoms with Crippen LogP contribution in [0.4, 0.5) is 11.4 Å². The number of rotatable bonds is 8. The van der Waals surface area contributed by atoms with E-state index in [4.69, 9.17) is 16.3 Å². The van der Waals surface area contributed by atoms with Gasteiger partial charge in [0.2, 0.25) is 0 Å². The molecule has 1 N–H and O–H groups in total. The van der Waals surface area contributed by atoms with Gasteiger partial charge in [-0.3, -0.25) is 4.79 Å². The summed E-state index contributed by atoms with van der Waals surface area (Å²) in [5, 5.41) is 14.8. The second kappa shape index (κ2) is 10.7. The van der Waals surface area contributed by atoms with Crippen molar-refractivity contribution in [2.24, 2.45) is 0 Å². The lowest BCUT2D eigenvalue weighted by Crippen LogP contribution is -2.30. The Balaban J connectivity index is 1.74. The van der Waals surface area contributed by atoms with Crippen molar-refractivity contribution in [3.8, 4) is 11.5 Å². The van der Waals surface area contributed by atoms with E-state index in [1.807, 2.05) is 72.8 Å². The number of aromatic hydroxyl groups is 1. The Morgan fingerprint density at radius 1 is 1.06 bits per heavy atom. The number of anilines is 2. The van der Waals surface area contributed by atoms with Crippen LogP contribution in [0.25, 0.3) is 6.08 Å². The molecule has 0 fully saturated rings. The van der Waals surface area contributed by atoms with Crippen LogP contribution in [0.2, 0.25) is 5.02 Å². The quantitative estimate of drug-likeness (QED) is 0.357. The molecule has 0 bridgehead atoms. The standard InChI is InChI=1S/C27H24ClN3O3/c1-34-25-15-14-22(17-24(25)32)30(19-21-11-6-3-7-12-21)26-23(28)18-29-31(27(26)33)16-8-13-20-9-4-2-5-10-20/h2-15,17-18,32H,16,19H2,1H3. The van der Waals surface area contributed by atoms with Crippen LogP contribution in [-0.4, -0.2) is 22.0 Å². The lowest BCUT2D eigenvalue weighted by molar-refractivity contribution is 0.373. The van der Waals surface area contributed by atoms with Crippen LogP contribution in [0.1, 0.15) is 11.1 Å². The second-order valence-electron chi connectivity index (χ2n) is 7.57. The zero-order valence-corrected chi connectivity index (χ0v) is 19.4. The maximum atomic E-state index is 13.5. The molecule has 0 aliphatic rings. The van der Waals surface area contributed by atoms with Crippen LogP contribution in [0.3, 0.4) is 0 Å². The average molecular weight is 474 g/mol. The van der Waals surface area contributed by atoms with Crippen molar-refractivity contribution in [2.45, 2.75) is 13.1 Å². The van der Waals surface area contributed by atoms with Crippen molar-refractivity contribution >= 4 is 29.1 Å². The van der Waals surface area contributed by atoms with Gasteiger partial charge in [-0.2, -0.15) is 5.10 Å². The van der Waals surface area contributed by atoms with Gasteiger partial charge in [-0.1, -0.05) is 84.4 Å². The van der Waals surface area contributed by atoms with E-state index in [9.17, 15) is 9.90 Å². The molecule has 0 saturated carbocycles. The van der Waals surface area contributed by atoms with Crippen LogP contribution in [0.5, 0.6) is 11.5 Å². The lowest BCUT2D eigenvalue weighted by atomic mass is 10.1. The molecule has 0 radical (unpaired) electrons. The molecular formula is C27H24ClN3O3. The number of hydrogen-bond acceptors (Lipinski definition) is 5. The highest BCUT2D eigenvalue weighted by Gasteiger charge is 2.20. The molecule has 1 aromatic heterocycles. The van der Waals surface area contributed by atoms with E-state index in [1.165, 1.54) is 18.0 Å². The van der Waals surface area contributed by atoms with E-state index in [1.54, 1.807) is 23.1 Å². The predicted molar refractivity (Wildman–Crippen MR) is 136 cm³/mol. The summed E-state index contributed by atoms with van der Waals surface area (Å²) in [6.07, 6.45) is 5.28. The number of ether oxygens (including phenoxy) is 1. The minimum atomic E-state index is -0.337. The fraction of sp³-hybridized carbons (Fsp3) is 0.111. The first kappa shape index (κ1) is 23.1. The largest absolute Gasteiger partial charge is 0.504 e. The van der Waals surface area contributed by atoms with Gasteiger partial charge < -0.3 is 14.7 Å². The molecule has 1 heterocycles. The van der Waals surface area contributed by atoms with Gasteiger partial charge in [-0.25, -0.2) is 4.68 Å². The summed E-state index contributed by atoms with van der Waals surface area (Å²) in [5.74, 6) is 0.307. The van der Waals surface area contributed by atoms with Crippen molar-refractivity contribution in [2.75, 3.05) is 12.0 Å². The summed E-state index contributed by atoms with van der Waals surface area (Å²) < 4.78 is 6.54. The van der Waals surface area contributed by atoms with Gasteiger partial charge in [0.05, 0.1) is 24.9 Å². The molecule has 0 saturated heterocycles. The number of phenolic OH excluding ortho intramolecular Hbond substituents is 1. The zero-order chi connectivity index (χ0) is 23.9. The van der Waals surface area contributed by atoms with Crippen LogP contribution < -0.4 is 15.2 Å². The smallest absolute Gasteiger partial charge is 0.292 e. The van der Waals surface area contributed by atoms with Gasteiger partial charge in [-0.05, 0) is 23.3 Å². The Labute approximate surface area is 202 Å². The summed E-state index contributed by atoms with van der Waals surface area (Å²) in [5.41, 5.74) is 2.54. The summed E-state index contributed by atoms with van der Waals surface area (Å²) >= 11 is 6.52. The van der Waals surface area contributed by atoms with E-state index >= 15 is 0 Å². The van der Waals surface area contributed by atoms with Gasteiger partial charge in [-0.15, -0.1) is 0 Å². The fourth-order valence-electron chi connectivity index (χ4n) is 3.60. The van der Waals surface area contributed by atoms with Crippen molar-refractivity contribution < 1.29 is 9.84 Å². The third-order valence-electron chi connectivity index (χ3n) is 5.29. The lowest BCUT2D eigenvalue weighted by Gasteiger charge is -2.26. The molecule has 0 aliphatic carbocycles. The SMILES string of the molecule is COc1ccc(N(Cc2ccccc2)c2c(Cl)cnn(CC=Cc3ccccc3)c2=O)cc1O. The van der Waals surface area contributed by atoms with Crippen molar-refractivity contribution in [3.63, 3.8) is 0 Å². The minimum Gasteiger partial charge on any atom is -0.504 e. The Bertz CT molecular complexity index is 1340. The van der Waals surface area contributed by atoms with Crippen molar-refractivity contribution in [1.82, 2.24) is 9.78 Å². The Kier molecular flexibility index (Phi) is 7.30. The number of phenols is 1. The molecule has 172 valence electrons. The highest BCUT2D eigenvalue weighted by molar-refractivity contribution is 6.33. The normalized spacial score (nSPS) is 11.0. The van der Waals surface area contributed by atoms with E-state index in [0.717, 1.165) is 11.1 Å². The molecule has 0 amide bonds. The average Bonchev–Trinajstić information content (AvgIpc) is 2.86. The molecule has 6 nitrogen and oxygen atoms in total. The maximum absolute atomic E-state index is 13.5. The highest BCUT2D eigenvalue weighted by Crippen LogP contribution is 2.35. The minimum absolute atomic E-state index is 0.0330. The van der Waals surface area contributed by atoms with Crippen molar-refractivity contribution in [3.05, 3.63) is 118 Å². The third kappa shape index (κ3) is 5.30. The molecular weight excluding hydrogens is 450 g/mol. The number of nitrogens with zero attached hydrogens (tertiary/aromatic N) is 3. The van der Waals surface area contributed by atoms with Gasteiger partial charge in [0, 0.05) is 18.3 Å². The summed E-state index contributed by atoms with van der Waals surface area (Å²) in [7, 11) is 1.48. The molecule has 4 aromatic rings. The monoisotopic (exact) mass is 473 g/mol. The molecule has 0 unspecified atom stereocenters. The van der Waals surface area contributed by atoms with Crippen LogP contribution >= 0.6 is 11.6 Å². The molecule has 3 aromatic carbocycles. The van der Waals surface area contributed by atoms with Gasteiger partial charge in [0.15, 0.2) is 11.5 Å². The topological polar surface area (TPSA) is 67.6 Å². The van der Waals surface area contributed by atoms with Crippen LogP contribution in [-0.2, 0) is 13.1 Å². The van der Waals surface area contributed by atoms with Gasteiger partial charge in [0.25, 0.3) is 5.56 Å². The maximum Gasteiger partial charge on any atom is 0.292 e. The summed E-state index contributed by atoms with van der Waals surface area (Å²) in [4.78, 5) is 15.3. The Morgan fingerprint density at radius 3 is 2.44 bits per heavy atom. The first-order chi connectivity index (χ1) is 16.6. The predicted octanol–water partition coefficient (Wildman–Crippen LogP) is 5.66. The first-order valence-corrected chi connectivity index (χ1v) is 11.1. The molecule has 0 aliphatic heterocycles. The number of aromatic nitrogens is 2. The van der Waals surface area contributed by atoms with Crippen LogP contribution in [0.15, 0.2) is 95.9 Å². The van der Waals surface area contributed by atoms with E-state index in [-0.39, 0.29) is 28.6 Å². The zero-order valence-electron chi connectivity index (χ0n) is 18.6. The number of halogens is 1. The van der Waals surface area contributed by atoms with E-state index < -0.39 is 0 Å². The Morgan fingerprint density at radius 2 is 1.76 bits per heavy atom. The molecule has 34 heavy (non-hydrogen) atoms.